The highest BCUT2D eigenvalue weighted by molar-refractivity contribution is 7.92. The average Bonchev–Trinajstić information content (AvgIpc) is 2.51. The van der Waals surface area contributed by atoms with Crippen molar-refractivity contribution in [3.8, 4) is 5.75 Å². The van der Waals surface area contributed by atoms with E-state index in [1.807, 2.05) is 6.92 Å². The van der Waals surface area contributed by atoms with Gasteiger partial charge in [-0.25, -0.2) is 12.8 Å². The number of hydrogen-bond acceptors (Lipinski definition) is 3. The Morgan fingerprint density at radius 2 is 1.78 bits per heavy atom. The number of halogens is 2. The van der Waals surface area contributed by atoms with Gasteiger partial charge in [-0.15, -0.1) is 0 Å². The Bertz CT molecular complexity index is 850. The molecule has 0 saturated heterocycles. The minimum absolute atomic E-state index is 0.00299. The third-order valence-corrected chi connectivity index (χ3v) is 5.66. The third-order valence-electron chi connectivity index (χ3n) is 3.71. The molecule has 0 saturated carbocycles. The van der Waals surface area contributed by atoms with Crippen LogP contribution in [-0.4, -0.2) is 21.1 Å². The molecule has 0 aromatic heterocycles. The summed E-state index contributed by atoms with van der Waals surface area (Å²) < 4.78 is 59.4. The van der Waals surface area contributed by atoms with Crippen molar-refractivity contribution >= 4 is 15.7 Å². The molecule has 0 fully saturated rings. The van der Waals surface area contributed by atoms with Gasteiger partial charge in [0.2, 0.25) is 5.82 Å². The molecule has 1 aliphatic rings. The van der Waals surface area contributed by atoms with Crippen molar-refractivity contribution in [1.82, 2.24) is 0 Å². The van der Waals surface area contributed by atoms with Crippen molar-refractivity contribution in [2.24, 2.45) is 0 Å². The molecule has 7 heteroatoms. The van der Waals surface area contributed by atoms with E-state index in [2.05, 4.69) is 0 Å². The van der Waals surface area contributed by atoms with Gasteiger partial charge in [0.1, 0.15) is 6.61 Å². The Morgan fingerprint density at radius 1 is 1.13 bits per heavy atom. The lowest BCUT2D eigenvalue weighted by Crippen LogP contribution is -2.45. The standard InChI is InChI=1S/C16H15F2NO3S/c1-10-3-5-12(6-4-10)23(20,21)19-11(2)9-22-16-14(19)8-7-13(17)15(16)18/h3-8,11H,9H2,1-2H3/t11-/m1/s1. The normalized spacial score (nSPS) is 17.6. The van der Waals surface area contributed by atoms with Crippen LogP contribution in [0.2, 0.25) is 0 Å². The van der Waals surface area contributed by atoms with Crippen LogP contribution in [0.4, 0.5) is 14.5 Å². The molecule has 2 aromatic carbocycles. The molecule has 0 radical (unpaired) electrons. The van der Waals surface area contributed by atoms with E-state index < -0.39 is 27.7 Å². The lowest BCUT2D eigenvalue weighted by atomic mass is 10.2. The van der Waals surface area contributed by atoms with Crippen LogP contribution in [0.1, 0.15) is 12.5 Å². The smallest absolute Gasteiger partial charge is 0.264 e. The highest BCUT2D eigenvalue weighted by atomic mass is 32.2. The van der Waals surface area contributed by atoms with Crippen molar-refractivity contribution in [3.05, 3.63) is 53.6 Å². The largest absolute Gasteiger partial charge is 0.486 e. The molecule has 4 nitrogen and oxygen atoms in total. The minimum Gasteiger partial charge on any atom is -0.486 e. The molecule has 1 atom stereocenters. The molecule has 1 heterocycles. The monoisotopic (exact) mass is 339 g/mol. The van der Waals surface area contributed by atoms with E-state index >= 15 is 0 Å². The van der Waals surface area contributed by atoms with Crippen molar-refractivity contribution in [3.63, 3.8) is 0 Å². The van der Waals surface area contributed by atoms with Crippen LogP contribution in [0.15, 0.2) is 41.3 Å². The Morgan fingerprint density at radius 3 is 2.43 bits per heavy atom. The number of aryl methyl sites for hydroxylation is 1. The predicted octanol–water partition coefficient (Wildman–Crippen LogP) is 3.25. The molecule has 3 rings (SSSR count). The molecule has 0 unspecified atom stereocenters. The van der Waals surface area contributed by atoms with Gasteiger partial charge in [0.25, 0.3) is 10.0 Å². The summed E-state index contributed by atoms with van der Waals surface area (Å²) in [7, 11) is -3.91. The number of fused-ring (bicyclic) bond motifs is 1. The van der Waals surface area contributed by atoms with Crippen LogP contribution in [0, 0.1) is 18.6 Å². The van der Waals surface area contributed by atoms with Gasteiger partial charge in [0, 0.05) is 0 Å². The number of hydrogen-bond donors (Lipinski definition) is 0. The zero-order chi connectivity index (χ0) is 16.8. The summed E-state index contributed by atoms with van der Waals surface area (Å²) in [6.45, 7) is 3.44. The second kappa shape index (κ2) is 5.49. The van der Waals surface area contributed by atoms with Crippen molar-refractivity contribution in [2.75, 3.05) is 10.9 Å². The van der Waals surface area contributed by atoms with Gasteiger partial charge in [-0.2, -0.15) is 4.39 Å². The maximum Gasteiger partial charge on any atom is 0.264 e. The molecule has 2 aromatic rings. The van der Waals surface area contributed by atoms with E-state index in [0.717, 1.165) is 15.9 Å². The van der Waals surface area contributed by atoms with E-state index in [1.54, 1.807) is 19.1 Å². The van der Waals surface area contributed by atoms with Gasteiger partial charge >= 0.3 is 0 Å². The summed E-state index contributed by atoms with van der Waals surface area (Å²) in [6.07, 6.45) is 0. The van der Waals surface area contributed by atoms with Crippen LogP contribution in [-0.2, 0) is 10.0 Å². The molecule has 0 amide bonds. The van der Waals surface area contributed by atoms with E-state index in [4.69, 9.17) is 4.74 Å². The van der Waals surface area contributed by atoms with Gasteiger partial charge in [-0.3, -0.25) is 4.31 Å². The summed E-state index contributed by atoms with van der Waals surface area (Å²) in [5.74, 6) is -2.64. The van der Waals surface area contributed by atoms with E-state index in [1.165, 1.54) is 18.2 Å². The summed E-state index contributed by atoms with van der Waals surface area (Å²) in [5, 5.41) is 0. The molecule has 0 N–H and O–H groups in total. The number of rotatable bonds is 2. The van der Waals surface area contributed by atoms with Crippen LogP contribution in [0.25, 0.3) is 0 Å². The zero-order valence-electron chi connectivity index (χ0n) is 12.6. The topological polar surface area (TPSA) is 46.6 Å². The predicted molar refractivity (Wildman–Crippen MR) is 82.2 cm³/mol. The van der Waals surface area contributed by atoms with Crippen LogP contribution in [0.5, 0.6) is 5.75 Å². The Hall–Kier alpha value is -2.15. The number of nitrogens with zero attached hydrogens (tertiary/aromatic N) is 1. The zero-order valence-corrected chi connectivity index (χ0v) is 13.4. The first-order valence-corrected chi connectivity index (χ1v) is 8.48. The summed E-state index contributed by atoms with van der Waals surface area (Å²) in [4.78, 5) is 0.0903. The Kier molecular flexibility index (Phi) is 3.75. The van der Waals surface area contributed by atoms with E-state index in [-0.39, 0.29) is 22.9 Å². The fraction of sp³-hybridized carbons (Fsp3) is 0.250. The van der Waals surface area contributed by atoms with Gasteiger partial charge in [0.05, 0.1) is 16.6 Å². The molecular weight excluding hydrogens is 324 g/mol. The van der Waals surface area contributed by atoms with Crippen molar-refractivity contribution < 1.29 is 21.9 Å². The van der Waals surface area contributed by atoms with Gasteiger partial charge in [0.15, 0.2) is 11.6 Å². The highest BCUT2D eigenvalue weighted by Crippen LogP contribution is 2.40. The Labute approximate surface area is 133 Å². The van der Waals surface area contributed by atoms with Gasteiger partial charge in [-0.1, -0.05) is 17.7 Å². The fourth-order valence-electron chi connectivity index (χ4n) is 2.53. The number of sulfonamides is 1. The summed E-state index contributed by atoms with van der Waals surface area (Å²) in [5.41, 5.74) is 0.927. The summed E-state index contributed by atoms with van der Waals surface area (Å²) in [6, 6.07) is 7.92. The minimum atomic E-state index is -3.91. The van der Waals surface area contributed by atoms with Crippen LogP contribution >= 0.6 is 0 Å². The van der Waals surface area contributed by atoms with E-state index in [0.29, 0.717) is 0 Å². The highest BCUT2D eigenvalue weighted by Gasteiger charge is 2.36. The summed E-state index contributed by atoms with van der Waals surface area (Å²) >= 11 is 0. The van der Waals surface area contributed by atoms with Crippen molar-refractivity contribution in [2.45, 2.75) is 24.8 Å². The van der Waals surface area contributed by atoms with Crippen molar-refractivity contribution in [1.29, 1.82) is 0 Å². The number of anilines is 1. The maximum atomic E-state index is 13.9. The number of benzene rings is 2. The number of ether oxygens (including phenoxy) is 1. The quantitative estimate of drug-likeness (QED) is 0.844. The second-order valence-corrected chi connectivity index (χ2v) is 7.30. The molecule has 122 valence electrons. The maximum absolute atomic E-state index is 13.9. The SMILES string of the molecule is Cc1ccc(S(=O)(=O)N2c3ccc(F)c(F)c3OC[C@H]2C)cc1. The van der Waals surface area contributed by atoms with Gasteiger partial charge < -0.3 is 4.74 Å². The first-order chi connectivity index (χ1) is 10.8. The first kappa shape index (κ1) is 15.7. The molecular formula is C16H15F2NO3S. The molecule has 0 aliphatic carbocycles. The van der Waals surface area contributed by atoms with Crippen LogP contribution < -0.4 is 9.04 Å². The Balaban J connectivity index is 2.16. The van der Waals surface area contributed by atoms with E-state index in [9.17, 15) is 17.2 Å². The lowest BCUT2D eigenvalue weighted by molar-refractivity contribution is 0.263. The first-order valence-electron chi connectivity index (χ1n) is 7.04. The second-order valence-electron chi connectivity index (χ2n) is 5.48. The average molecular weight is 339 g/mol. The molecule has 1 aliphatic heterocycles. The third kappa shape index (κ3) is 2.55. The molecule has 0 bridgehead atoms. The molecule has 23 heavy (non-hydrogen) atoms. The van der Waals surface area contributed by atoms with Gasteiger partial charge in [-0.05, 0) is 38.1 Å². The molecule has 0 spiro atoms. The van der Waals surface area contributed by atoms with Crippen LogP contribution in [0.3, 0.4) is 0 Å². The lowest BCUT2D eigenvalue weighted by Gasteiger charge is -2.35. The fourth-order valence-corrected chi connectivity index (χ4v) is 4.18.